The Morgan fingerprint density at radius 1 is 1.59 bits per heavy atom. The maximum absolute atomic E-state index is 11.9. The Morgan fingerprint density at radius 3 is 3.06 bits per heavy atom. The van der Waals surface area contributed by atoms with E-state index in [2.05, 4.69) is 21.2 Å². The van der Waals surface area contributed by atoms with Crippen LogP contribution in [0.1, 0.15) is 16.8 Å². The topological polar surface area (TPSA) is 55.1 Å². The van der Waals surface area contributed by atoms with Crippen molar-refractivity contribution in [1.29, 1.82) is 0 Å². The molecule has 0 aliphatic carbocycles. The first-order chi connectivity index (χ1) is 8.16. The van der Waals surface area contributed by atoms with E-state index in [0.29, 0.717) is 17.2 Å². The minimum absolute atomic E-state index is 0.0769. The Hall–Kier alpha value is -0.680. The predicted molar refractivity (Wildman–Crippen MR) is 76.3 cm³/mol. The molecule has 1 aliphatic rings. The van der Waals surface area contributed by atoms with Crippen molar-refractivity contribution >= 4 is 39.3 Å². The lowest BCUT2D eigenvalue weighted by molar-refractivity contribution is 0.0949. The van der Waals surface area contributed by atoms with Gasteiger partial charge < -0.3 is 11.1 Å². The molecule has 0 radical (unpaired) electrons. The van der Waals surface area contributed by atoms with Gasteiger partial charge in [0.05, 0.1) is 5.56 Å². The second kappa shape index (κ2) is 5.78. The third-order valence-corrected chi connectivity index (χ3v) is 4.56. The van der Waals surface area contributed by atoms with Gasteiger partial charge in [0.2, 0.25) is 0 Å². The summed E-state index contributed by atoms with van der Waals surface area (Å²) in [4.78, 5) is 11.9. The molecule has 1 unspecified atom stereocenters. The number of halogens is 1. The van der Waals surface area contributed by atoms with E-state index in [1.807, 2.05) is 17.8 Å². The van der Waals surface area contributed by atoms with Crippen LogP contribution in [0.5, 0.6) is 0 Å². The Balaban J connectivity index is 1.94. The van der Waals surface area contributed by atoms with E-state index >= 15 is 0 Å². The van der Waals surface area contributed by atoms with Crippen molar-refractivity contribution in [1.82, 2.24) is 5.32 Å². The minimum atomic E-state index is -0.0769. The van der Waals surface area contributed by atoms with Crippen molar-refractivity contribution in [2.45, 2.75) is 6.42 Å². The number of anilines is 1. The van der Waals surface area contributed by atoms with Crippen LogP contribution in [0.25, 0.3) is 0 Å². The molecule has 1 aromatic carbocycles. The molecule has 2 rings (SSSR count). The van der Waals surface area contributed by atoms with Gasteiger partial charge >= 0.3 is 0 Å². The Labute approximate surface area is 114 Å². The molecule has 92 valence electrons. The van der Waals surface area contributed by atoms with Gasteiger partial charge in [0.1, 0.15) is 0 Å². The summed E-state index contributed by atoms with van der Waals surface area (Å²) >= 11 is 5.28. The molecule has 17 heavy (non-hydrogen) atoms. The van der Waals surface area contributed by atoms with Crippen LogP contribution in [-0.2, 0) is 0 Å². The third kappa shape index (κ3) is 3.39. The summed E-state index contributed by atoms with van der Waals surface area (Å²) in [7, 11) is 0. The molecule has 0 spiro atoms. The van der Waals surface area contributed by atoms with Crippen LogP contribution in [0.2, 0.25) is 0 Å². The van der Waals surface area contributed by atoms with E-state index in [4.69, 9.17) is 5.73 Å². The first-order valence-corrected chi connectivity index (χ1v) is 7.52. The fraction of sp³-hybridized carbons (Fsp3) is 0.417. The third-order valence-electron chi connectivity index (χ3n) is 2.83. The Morgan fingerprint density at radius 2 is 2.41 bits per heavy atom. The molecule has 1 atom stereocenters. The van der Waals surface area contributed by atoms with Gasteiger partial charge in [0.15, 0.2) is 0 Å². The average molecular weight is 315 g/mol. The number of rotatable bonds is 3. The Bertz CT molecular complexity index is 419. The van der Waals surface area contributed by atoms with Crippen LogP contribution in [0, 0.1) is 5.92 Å². The summed E-state index contributed by atoms with van der Waals surface area (Å²) in [6.45, 7) is 0.751. The molecule has 1 amide bonds. The standard InChI is InChI=1S/C12H15BrN2OS/c13-9-1-2-10(11(14)5-9)12(16)15-6-8-3-4-17-7-8/h1-2,5,8H,3-4,6-7,14H2,(H,15,16). The SMILES string of the molecule is Nc1cc(Br)ccc1C(=O)NCC1CCSC1. The number of nitrogens with one attached hydrogen (secondary N) is 1. The lowest BCUT2D eigenvalue weighted by Gasteiger charge is -2.11. The van der Waals surface area contributed by atoms with E-state index in [9.17, 15) is 4.79 Å². The number of thioether (sulfide) groups is 1. The zero-order chi connectivity index (χ0) is 12.3. The normalized spacial score (nSPS) is 19.2. The monoisotopic (exact) mass is 314 g/mol. The molecule has 1 heterocycles. The summed E-state index contributed by atoms with van der Waals surface area (Å²) < 4.78 is 0.888. The number of hydrogen-bond donors (Lipinski definition) is 2. The highest BCUT2D eigenvalue weighted by atomic mass is 79.9. The van der Waals surface area contributed by atoms with Crippen LogP contribution in [-0.4, -0.2) is 24.0 Å². The molecule has 3 nitrogen and oxygen atoms in total. The Kier molecular flexibility index (Phi) is 4.34. The minimum Gasteiger partial charge on any atom is -0.398 e. The van der Waals surface area contributed by atoms with Gasteiger partial charge in [-0.3, -0.25) is 4.79 Å². The van der Waals surface area contributed by atoms with Crippen molar-refractivity contribution in [3.63, 3.8) is 0 Å². The van der Waals surface area contributed by atoms with E-state index in [-0.39, 0.29) is 5.91 Å². The van der Waals surface area contributed by atoms with Crippen molar-refractivity contribution < 1.29 is 4.79 Å². The fourth-order valence-corrected chi connectivity index (χ4v) is 3.48. The van der Waals surface area contributed by atoms with Gasteiger partial charge in [-0.2, -0.15) is 11.8 Å². The van der Waals surface area contributed by atoms with Crippen molar-refractivity contribution in [3.8, 4) is 0 Å². The maximum atomic E-state index is 11.9. The lowest BCUT2D eigenvalue weighted by Crippen LogP contribution is -2.29. The van der Waals surface area contributed by atoms with Crippen molar-refractivity contribution in [2.75, 3.05) is 23.8 Å². The second-order valence-corrected chi connectivity index (χ2v) is 6.24. The molecular formula is C12H15BrN2OS. The van der Waals surface area contributed by atoms with Gasteiger partial charge in [0, 0.05) is 16.7 Å². The zero-order valence-corrected chi connectivity index (χ0v) is 11.8. The number of nitrogens with two attached hydrogens (primary N) is 1. The molecule has 0 saturated carbocycles. The number of benzene rings is 1. The van der Waals surface area contributed by atoms with Gasteiger partial charge in [-0.25, -0.2) is 0 Å². The quantitative estimate of drug-likeness (QED) is 0.843. The van der Waals surface area contributed by atoms with Crippen molar-refractivity contribution in [2.24, 2.45) is 5.92 Å². The summed E-state index contributed by atoms with van der Waals surface area (Å²) in [5, 5.41) is 2.95. The van der Waals surface area contributed by atoms with E-state index in [1.54, 1.807) is 12.1 Å². The largest absolute Gasteiger partial charge is 0.398 e. The van der Waals surface area contributed by atoms with Crippen LogP contribution >= 0.6 is 27.7 Å². The molecule has 0 bridgehead atoms. The highest BCUT2D eigenvalue weighted by molar-refractivity contribution is 9.10. The number of hydrogen-bond acceptors (Lipinski definition) is 3. The first kappa shape index (κ1) is 12.8. The molecule has 1 aliphatic heterocycles. The van der Waals surface area contributed by atoms with Gasteiger partial charge in [-0.1, -0.05) is 15.9 Å². The number of amides is 1. The molecule has 3 N–H and O–H groups in total. The van der Waals surface area contributed by atoms with Gasteiger partial charge in [0.25, 0.3) is 5.91 Å². The van der Waals surface area contributed by atoms with Gasteiger partial charge in [-0.15, -0.1) is 0 Å². The molecule has 1 saturated heterocycles. The van der Waals surface area contributed by atoms with Crippen molar-refractivity contribution in [3.05, 3.63) is 28.2 Å². The summed E-state index contributed by atoms with van der Waals surface area (Å²) in [6.07, 6.45) is 1.20. The average Bonchev–Trinajstić information content (AvgIpc) is 2.78. The zero-order valence-electron chi connectivity index (χ0n) is 9.41. The summed E-state index contributed by atoms with van der Waals surface area (Å²) in [5.74, 6) is 2.89. The second-order valence-electron chi connectivity index (χ2n) is 4.17. The smallest absolute Gasteiger partial charge is 0.253 e. The highest BCUT2D eigenvalue weighted by Gasteiger charge is 2.17. The molecule has 0 aromatic heterocycles. The molecule has 1 aromatic rings. The fourth-order valence-electron chi connectivity index (χ4n) is 1.82. The maximum Gasteiger partial charge on any atom is 0.253 e. The van der Waals surface area contributed by atoms with Crippen LogP contribution in [0.4, 0.5) is 5.69 Å². The number of carbonyl (C=O) groups excluding carboxylic acids is 1. The number of nitrogen functional groups attached to an aromatic ring is 1. The van der Waals surface area contributed by atoms with E-state index in [0.717, 1.165) is 16.8 Å². The van der Waals surface area contributed by atoms with Gasteiger partial charge in [-0.05, 0) is 42.0 Å². The molecule has 5 heteroatoms. The number of carbonyl (C=O) groups is 1. The van der Waals surface area contributed by atoms with E-state index < -0.39 is 0 Å². The molecule has 1 fully saturated rings. The van der Waals surface area contributed by atoms with Crippen LogP contribution in [0.3, 0.4) is 0 Å². The molecular weight excluding hydrogens is 300 g/mol. The first-order valence-electron chi connectivity index (χ1n) is 5.58. The highest BCUT2D eigenvalue weighted by Crippen LogP contribution is 2.23. The van der Waals surface area contributed by atoms with Crippen LogP contribution < -0.4 is 11.1 Å². The summed E-state index contributed by atoms with van der Waals surface area (Å²) in [5.41, 5.74) is 6.88. The predicted octanol–water partition coefficient (Wildman–Crippen LogP) is 2.51. The lowest BCUT2D eigenvalue weighted by atomic mass is 10.1. The van der Waals surface area contributed by atoms with Crippen LogP contribution in [0.15, 0.2) is 22.7 Å². The summed E-state index contributed by atoms with van der Waals surface area (Å²) in [6, 6.07) is 5.33. The van der Waals surface area contributed by atoms with E-state index in [1.165, 1.54) is 12.2 Å².